The van der Waals surface area contributed by atoms with Crippen molar-refractivity contribution in [2.45, 2.75) is 18.3 Å². The van der Waals surface area contributed by atoms with Crippen molar-refractivity contribution >= 4 is 27.9 Å². The van der Waals surface area contributed by atoms with Gasteiger partial charge in [0.2, 0.25) is 0 Å². The summed E-state index contributed by atoms with van der Waals surface area (Å²) in [4.78, 5) is 18.8. The van der Waals surface area contributed by atoms with Gasteiger partial charge in [-0.05, 0) is 24.5 Å². The molecule has 5 rings (SSSR count). The molecule has 0 radical (unpaired) electrons. The number of anilines is 2. The number of nitrogens with one attached hydrogen (secondary N) is 1. The molecule has 10 heteroatoms. The number of likely N-dealkylation sites (tertiary alicyclic amines) is 1. The zero-order valence-electron chi connectivity index (χ0n) is 17.3. The highest BCUT2D eigenvalue weighted by Crippen LogP contribution is 2.47. The van der Waals surface area contributed by atoms with E-state index in [4.69, 9.17) is 9.56 Å². The van der Waals surface area contributed by atoms with E-state index < -0.39 is 10.2 Å². The molecule has 0 atom stereocenters. The quantitative estimate of drug-likeness (QED) is 0.631. The Balaban J connectivity index is 1.27. The lowest BCUT2D eigenvalue weighted by molar-refractivity contribution is 0.173. The van der Waals surface area contributed by atoms with Gasteiger partial charge in [-0.3, -0.25) is 9.62 Å². The van der Waals surface area contributed by atoms with Crippen molar-refractivity contribution in [1.29, 1.82) is 0 Å². The number of carbonyl (C=O) groups excluding carboxylic acids is 1. The summed E-state index contributed by atoms with van der Waals surface area (Å²) in [5.74, 6) is 0. The number of aromatic nitrogens is 1. The van der Waals surface area contributed by atoms with Crippen LogP contribution in [0.1, 0.15) is 18.4 Å². The SMILES string of the molecule is NS(=O)(=O)N1CC2(CCN(C(=O)Nc3nc(-c4ccccc4)co3)CC2)c2ccccc21. The van der Waals surface area contributed by atoms with Crippen molar-refractivity contribution in [3.05, 3.63) is 66.4 Å². The third-order valence-electron chi connectivity index (χ3n) is 6.29. The van der Waals surface area contributed by atoms with Crippen molar-refractivity contribution in [3.63, 3.8) is 0 Å². The molecule has 1 aromatic heterocycles. The second kappa shape index (κ2) is 7.64. The van der Waals surface area contributed by atoms with Crippen molar-refractivity contribution in [3.8, 4) is 11.3 Å². The molecule has 0 saturated carbocycles. The molecule has 2 aliphatic heterocycles. The van der Waals surface area contributed by atoms with Crippen molar-refractivity contribution in [2.24, 2.45) is 5.14 Å². The summed E-state index contributed by atoms with van der Waals surface area (Å²) < 4.78 is 30.9. The fourth-order valence-electron chi connectivity index (χ4n) is 4.62. The predicted octanol–water partition coefficient (Wildman–Crippen LogP) is 2.93. The van der Waals surface area contributed by atoms with Gasteiger partial charge in [-0.25, -0.2) is 9.93 Å². The van der Waals surface area contributed by atoms with Gasteiger partial charge in [-0.2, -0.15) is 13.4 Å². The van der Waals surface area contributed by atoms with Crippen molar-refractivity contribution in [2.75, 3.05) is 29.3 Å². The van der Waals surface area contributed by atoms with Gasteiger partial charge in [-0.15, -0.1) is 0 Å². The molecule has 3 N–H and O–H groups in total. The Bertz CT molecular complexity index is 1250. The van der Waals surface area contributed by atoms with E-state index in [0.29, 0.717) is 43.9 Å². The summed E-state index contributed by atoms with van der Waals surface area (Å²) in [5.41, 5.74) is 2.78. The molecule has 9 nitrogen and oxygen atoms in total. The fraction of sp³-hybridized carbons (Fsp3) is 0.273. The van der Waals surface area contributed by atoms with Crippen LogP contribution in [-0.4, -0.2) is 44.0 Å². The van der Waals surface area contributed by atoms with E-state index in [1.54, 1.807) is 17.0 Å². The average Bonchev–Trinajstić information content (AvgIpc) is 3.38. The van der Waals surface area contributed by atoms with Crippen molar-refractivity contribution in [1.82, 2.24) is 9.88 Å². The highest BCUT2D eigenvalue weighted by atomic mass is 32.2. The summed E-state index contributed by atoms with van der Waals surface area (Å²) in [5, 5.41) is 8.17. The van der Waals surface area contributed by atoms with E-state index in [2.05, 4.69) is 10.3 Å². The van der Waals surface area contributed by atoms with E-state index in [0.717, 1.165) is 11.1 Å². The molecule has 0 aliphatic carbocycles. The van der Waals surface area contributed by atoms with Gasteiger partial charge in [0, 0.05) is 30.6 Å². The van der Waals surface area contributed by atoms with E-state index in [9.17, 15) is 13.2 Å². The second-order valence-electron chi connectivity index (χ2n) is 8.17. The first-order valence-electron chi connectivity index (χ1n) is 10.3. The Morgan fingerprint density at radius 3 is 2.47 bits per heavy atom. The van der Waals surface area contributed by atoms with Crippen LogP contribution in [0.2, 0.25) is 0 Å². The topological polar surface area (TPSA) is 122 Å². The normalized spacial score (nSPS) is 17.4. The first-order chi connectivity index (χ1) is 15.4. The maximum atomic E-state index is 12.8. The number of piperidine rings is 1. The zero-order valence-corrected chi connectivity index (χ0v) is 18.1. The van der Waals surface area contributed by atoms with Crippen molar-refractivity contribution < 1.29 is 17.6 Å². The number of fused-ring (bicyclic) bond motifs is 2. The maximum Gasteiger partial charge on any atom is 0.325 e. The van der Waals surface area contributed by atoms with E-state index >= 15 is 0 Å². The Hall–Kier alpha value is -3.37. The summed E-state index contributed by atoms with van der Waals surface area (Å²) in [6.45, 7) is 1.25. The van der Waals surface area contributed by atoms with Gasteiger partial charge in [0.25, 0.3) is 10.2 Å². The molecule has 2 amide bonds. The van der Waals surface area contributed by atoms with Crippen LogP contribution in [0.5, 0.6) is 0 Å². The maximum absolute atomic E-state index is 12.8. The third kappa shape index (κ3) is 3.61. The molecule has 1 spiro atoms. The smallest absolute Gasteiger partial charge is 0.325 e. The fourth-order valence-corrected chi connectivity index (χ4v) is 5.48. The number of hydrogen-bond acceptors (Lipinski definition) is 5. The number of benzene rings is 2. The van der Waals surface area contributed by atoms with Crippen LogP contribution >= 0.6 is 0 Å². The van der Waals surface area contributed by atoms with E-state index in [-0.39, 0.29) is 17.5 Å². The number of nitrogens with zero attached hydrogens (tertiary/aromatic N) is 3. The van der Waals surface area contributed by atoms with Crippen LogP contribution in [0.15, 0.2) is 65.3 Å². The summed E-state index contributed by atoms with van der Waals surface area (Å²) in [7, 11) is -3.86. The minimum absolute atomic E-state index is 0.140. The number of amides is 2. The van der Waals surface area contributed by atoms with Gasteiger partial charge >= 0.3 is 12.0 Å². The Morgan fingerprint density at radius 1 is 1.06 bits per heavy atom. The van der Waals surface area contributed by atoms with Crippen LogP contribution in [0, 0.1) is 0 Å². The van der Waals surface area contributed by atoms with E-state index in [1.807, 2.05) is 42.5 Å². The third-order valence-corrected chi connectivity index (χ3v) is 7.23. The van der Waals surface area contributed by atoms with E-state index in [1.165, 1.54) is 10.6 Å². The van der Waals surface area contributed by atoms with Crippen LogP contribution in [0.25, 0.3) is 11.3 Å². The number of para-hydroxylation sites is 1. The van der Waals surface area contributed by atoms with Crippen LogP contribution in [-0.2, 0) is 15.6 Å². The Kier molecular flexibility index (Phi) is 4.90. The minimum atomic E-state index is -3.86. The standard InChI is InChI=1S/C22H23N5O4S/c23-32(29,30)27-15-22(17-8-4-5-9-19(17)27)10-12-26(13-11-22)21(28)25-20-24-18(14-31-20)16-6-2-1-3-7-16/h1-9,14H,10-13,15H2,(H2,23,29,30)(H,24,25,28). The Labute approximate surface area is 186 Å². The molecule has 2 aliphatic rings. The molecule has 3 aromatic rings. The number of oxazole rings is 1. The summed E-state index contributed by atoms with van der Waals surface area (Å²) >= 11 is 0. The summed E-state index contributed by atoms with van der Waals surface area (Å²) in [6.07, 6.45) is 2.77. The van der Waals surface area contributed by atoms with Gasteiger partial charge in [0.05, 0.1) is 5.69 Å². The lowest BCUT2D eigenvalue weighted by atomic mass is 9.74. The Morgan fingerprint density at radius 2 is 1.75 bits per heavy atom. The molecule has 1 saturated heterocycles. The number of carbonyl (C=O) groups is 1. The van der Waals surface area contributed by atoms with Gasteiger partial charge in [0.1, 0.15) is 12.0 Å². The average molecular weight is 454 g/mol. The van der Waals surface area contributed by atoms with Gasteiger partial charge < -0.3 is 9.32 Å². The number of rotatable bonds is 3. The van der Waals surface area contributed by atoms with Gasteiger partial charge in [0.15, 0.2) is 0 Å². The molecule has 166 valence electrons. The van der Waals surface area contributed by atoms with Crippen LogP contribution in [0.3, 0.4) is 0 Å². The predicted molar refractivity (Wildman–Crippen MR) is 120 cm³/mol. The first kappa shape index (κ1) is 20.5. The molecule has 0 unspecified atom stereocenters. The summed E-state index contributed by atoms with van der Waals surface area (Å²) in [6, 6.07) is 16.8. The first-order valence-corrected chi connectivity index (χ1v) is 11.8. The largest absolute Gasteiger partial charge is 0.431 e. The lowest BCUT2D eigenvalue weighted by Crippen LogP contribution is -2.49. The molecule has 3 heterocycles. The molecular formula is C22H23N5O4S. The van der Waals surface area contributed by atoms with Crippen LogP contribution < -0.4 is 14.8 Å². The zero-order chi connectivity index (χ0) is 22.3. The van der Waals surface area contributed by atoms with Gasteiger partial charge in [-0.1, -0.05) is 48.5 Å². The number of urea groups is 1. The highest BCUT2D eigenvalue weighted by Gasteiger charge is 2.47. The highest BCUT2D eigenvalue weighted by molar-refractivity contribution is 7.90. The molecule has 1 fully saturated rings. The minimum Gasteiger partial charge on any atom is -0.431 e. The molecule has 2 aromatic carbocycles. The lowest BCUT2D eigenvalue weighted by Gasteiger charge is -2.39. The molecule has 0 bridgehead atoms. The number of hydrogen-bond donors (Lipinski definition) is 2. The number of nitrogens with two attached hydrogens (primary N) is 1. The molecule has 32 heavy (non-hydrogen) atoms. The second-order valence-corrected chi connectivity index (χ2v) is 9.64. The molecular weight excluding hydrogens is 430 g/mol. The van der Waals surface area contributed by atoms with Crippen LogP contribution in [0.4, 0.5) is 16.5 Å². The monoisotopic (exact) mass is 453 g/mol.